The second kappa shape index (κ2) is 3.75. The number of rotatable bonds is 2. The van der Waals surface area contributed by atoms with Crippen LogP contribution in [0.1, 0.15) is 11.1 Å². The van der Waals surface area contributed by atoms with Crippen molar-refractivity contribution >= 4 is 0 Å². The zero-order valence-electron chi connectivity index (χ0n) is 6.25. The van der Waals surface area contributed by atoms with E-state index in [1.54, 1.807) is 12.4 Å². The van der Waals surface area contributed by atoms with E-state index in [2.05, 4.69) is 10.9 Å². The number of nitrogens with zero attached hydrogens (tertiary/aromatic N) is 1. The first-order chi connectivity index (χ1) is 5.36. The van der Waals surface area contributed by atoms with Crippen LogP contribution in [0.15, 0.2) is 18.5 Å². The highest BCUT2D eigenvalue weighted by Gasteiger charge is 1.92. The van der Waals surface area contributed by atoms with E-state index in [4.69, 9.17) is 12.2 Å². The van der Waals surface area contributed by atoms with Gasteiger partial charge in [0, 0.05) is 18.0 Å². The third-order valence-electron chi connectivity index (χ3n) is 1.39. The average molecular weight is 146 g/mol. The average Bonchev–Trinajstić information content (AvgIpc) is 2.06. The van der Waals surface area contributed by atoms with Crippen LogP contribution in [0.3, 0.4) is 0 Å². The van der Waals surface area contributed by atoms with Gasteiger partial charge in [0.25, 0.3) is 0 Å². The molecular weight excluding hydrogens is 136 g/mol. The fraction of sp³-hybridized carbons (Fsp3) is 0.222. The summed E-state index contributed by atoms with van der Waals surface area (Å²) in [5.74, 6) is 2.52. The molecule has 1 rings (SSSR count). The molecule has 0 radical (unpaired) electrons. The summed E-state index contributed by atoms with van der Waals surface area (Å²) in [6, 6.07) is 1.93. The Hall–Kier alpha value is -1.33. The van der Waals surface area contributed by atoms with Crippen molar-refractivity contribution in [1.82, 2.24) is 4.98 Å². The summed E-state index contributed by atoms with van der Waals surface area (Å²) in [6.07, 6.45) is 9.48. The van der Waals surface area contributed by atoms with Crippen molar-refractivity contribution in [3.63, 3.8) is 0 Å². The monoisotopic (exact) mass is 146 g/mol. The maximum atomic E-state index is 5.37. The van der Waals surface area contributed by atoms with Gasteiger partial charge in [0.1, 0.15) is 0 Å². The van der Waals surface area contributed by atoms with Gasteiger partial charge in [-0.15, -0.1) is 6.42 Å². The van der Waals surface area contributed by atoms with Crippen LogP contribution >= 0.6 is 0 Å². The molecule has 2 N–H and O–H groups in total. The molecule has 0 aliphatic rings. The van der Waals surface area contributed by atoms with Gasteiger partial charge in [-0.1, -0.05) is 5.92 Å². The number of pyridine rings is 1. The first kappa shape index (κ1) is 7.77. The van der Waals surface area contributed by atoms with Crippen LogP contribution in [-0.4, -0.2) is 11.5 Å². The Labute approximate surface area is 66.4 Å². The van der Waals surface area contributed by atoms with Crippen LogP contribution in [0.4, 0.5) is 0 Å². The van der Waals surface area contributed by atoms with E-state index in [1.807, 2.05) is 6.07 Å². The molecule has 0 atom stereocenters. The topological polar surface area (TPSA) is 38.9 Å². The quantitative estimate of drug-likeness (QED) is 0.619. The molecule has 0 aliphatic carbocycles. The maximum absolute atomic E-state index is 5.37. The summed E-state index contributed by atoms with van der Waals surface area (Å²) in [4.78, 5) is 3.98. The van der Waals surface area contributed by atoms with E-state index in [-0.39, 0.29) is 0 Å². The van der Waals surface area contributed by atoms with Crippen LogP contribution < -0.4 is 5.73 Å². The minimum absolute atomic E-state index is 0.635. The Bertz CT molecular complexity index is 273. The van der Waals surface area contributed by atoms with E-state index in [9.17, 15) is 0 Å². The molecule has 0 saturated heterocycles. The minimum atomic E-state index is 0.635. The van der Waals surface area contributed by atoms with Gasteiger partial charge in [-0.25, -0.2) is 0 Å². The normalized spacial score (nSPS) is 9.09. The van der Waals surface area contributed by atoms with Gasteiger partial charge in [0.2, 0.25) is 0 Å². The fourth-order valence-electron chi connectivity index (χ4n) is 0.870. The van der Waals surface area contributed by atoms with Gasteiger partial charge in [0.05, 0.1) is 0 Å². The summed E-state index contributed by atoms with van der Waals surface area (Å²) >= 11 is 0. The summed E-state index contributed by atoms with van der Waals surface area (Å²) < 4.78 is 0. The largest absolute Gasteiger partial charge is 0.330 e. The molecule has 2 nitrogen and oxygen atoms in total. The molecule has 0 spiro atoms. The van der Waals surface area contributed by atoms with Gasteiger partial charge >= 0.3 is 0 Å². The molecule has 0 saturated carbocycles. The summed E-state index contributed by atoms with van der Waals surface area (Å²) in [6.45, 7) is 0.635. The number of hydrogen-bond donors (Lipinski definition) is 1. The maximum Gasteiger partial charge on any atom is 0.0428 e. The Balaban J connectivity index is 2.85. The minimum Gasteiger partial charge on any atom is -0.330 e. The zero-order valence-corrected chi connectivity index (χ0v) is 6.25. The van der Waals surface area contributed by atoms with Gasteiger partial charge in [-0.05, 0) is 24.6 Å². The molecule has 1 heterocycles. The van der Waals surface area contributed by atoms with Gasteiger partial charge in [-0.2, -0.15) is 0 Å². The molecular formula is C9H10N2. The number of hydrogen-bond acceptors (Lipinski definition) is 2. The SMILES string of the molecule is C#Cc1cncc(CCN)c1. The van der Waals surface area contributed by atoms with Crippen LogP contribution in [-0.2, 0) is 6.42 Å². The lowest BCUT2D eigenvalue weighted by atomic mass is 10.1. The van der Waals surface area contributed by atoms with Crippen LogP contribution in [0.5, 0.6) is 0 Å². The van der Waals surface area contributed by atoms with Crippen molar-refractivity contribution < 1.29 is 0 Å². The molecule has 2 heteroatoms. The molecule has 1 aromatic rings. The van der Waals surface area contributed by atoms with Crippen molar-refractivity contribution in [2.75, 3.05) is 6.54 Å². The lowest BCUT2D eigenvalue weighted by molar-refractivity contribution is 0.957. The molecule has 0 aliphatic heterocycles. The molecule has 11 heavy (non-hydrogen) atoms. The summed E-state index contributed by atoms with van der Waals surface area (Å²) in [7, 11) is 0. The van der Waals surface area contributed by atoms with Gasteiger partial charge in [-0.3, -0.25) is 4.98 Å². The second-order valence-electron chi connectivity index (χ2n) is 2.26. The highest BCUT2D eigenvalue weighted by atomic mass is 14.6. The van der Waals surface area contributed by atoms with Crippen molar-refractivity contribution in [2.45, 2.75) is 6.42 Å². The highest BCUT2D eigenvalue weighted by Crippen LogP contribution is 2.00. The smallest absolute Gasteiger partial charge is 0.0428 e. The second-order valence-corrected chi connectivity index (χ2v) is 2.26. The van der Waals surface area contributed by atoms with Crippen LogP contribution in [0.25, 0.3) is 0 Å². The van der Waals surface area contributed by atoms with Crippen molar-refractivity contribution in [3.8, 4) is 12.3 Å². The number of aromatic nitrogens is 1. The van der Waals surface area contributed by atoms with E-state index >= 15 is 0 Å². The molecule has 0 bridgehead atoms. The number of nitrogens with two attached hydrogens (primary N) is 1. The van der Waals surface area contributed by atoms with Crippen LogP contribution in [0.2, 0.25) is 0 Å². The zero-order chi connectivity index (χ0) is 8.10. The van der Waals surface area contributed by atoms with E-state index in [1.165, 1.54) is 0 Å². The molecule has 0 unspecified atom stereocenters. The molecule has 0 amide bonds. The number of terminal acetylenes is 1. The highest BCUT2D eigenvalue weighted by molar-refractivity contribution is 5.31. The van der Waals surface area contributed by atoms with E-state index < -0.39 is 0 Å². The Morgan fingerprint density at radius 1 is 1.55 bits per heavy atom. The van der Waals surface area contributed by atoms with E-state index in [0.29, 0.717) is 6.54 Å². The standard InChI is InChI=1S/C9H10N2/c1-2-8-5-9(3-4-10)7-11-6-8/h1,5-7H,3-4,10H2. The lowest BCUT2D eigenvalue weighted by Gasteiger charge is -1.96. The van der Waals surface area contributed by atoms with Crippen molar-refractivity contribution in [1.29, 1.82) is 0 Å². The Morgan fingerprint density at radius 2 is 2.36 bits per heavy atom. The molecule has 0 aromatic carbocycles. The summed E-state index contributed by atoms with van der Waals surface area (Å²) in [5.41, 5.74) is 7.29. The third-order valence-corrected chi connectivity index (χ3v) is 1.39. The lowest BCUT2D eigenvalue weighted by Crippen LogP contribution is -2.02. The fourth-order valence-corrected chi connectivity index (χ4v) is 0.870. The first-order valence-corrected chi connectivity index (χ1v) is 3.47. The van der Waals surface area contributed by atoms with Crippen molar-refractivity contribution in [3.05, 3.63) is 29.6 Å². The molecule has 56 valence electrons. The Morgan fingerprint density at radius 3 is 3.00 bits per heavy atom. The molecule has 0 fully saturated rings. The predicted octanol–water partition coefficient (Wildman–Crippen LogP) is 0.564. The van der Waals surface area contributed by atoms with Gasteiger partial charge in [0.15, 0.2) is 0 Å². The predicted molar refractivity (Wildman–Crippen MR) is 44.9 cm³/mol. The molecule has 1 aromatic heterocycles. The van der Waals surface area contributed by atoms with Crippen LogP contribution in [0, 0.1) is 12.3 Å². The van der Waals surface area contributed by atoms with Gasteiger partial charge < -0.3 is 5.73 Å². The van der Waals surface area contributed by atoms with Crippen molar-refractivity contribution in [2.24, 2.45) is 5.73 Å². The third kappa shape index (κ3) is 2.06. The summed E-state index contributed by atoms with van der Waals surface area (Å²) in [5, 5.41) is 0. The first-order valence-electron chi connectivity index (χ1n) is 3.47. The Kier molecular flexibility index (Phi) is 2.65. The van der Waals surface area contributed by atoms with E-state index in [0.717, 1.165) is 17.5 Å².